The number of carbonyl (C=O) groups is 2. The third-order valence-electron chi connectivity index (χ3n) is 2.27. The maximum atomic E-state index is 11.8. The number of rotatable bonds is 6. The number of hydrogen-bond acceptors (Lipinski definition) is 3. The molecule has 15 heavy (non-hydrogen) atoms. The van der Waals surface area contributed by atoms with Crippen molar-refractivity contribution in [3.63, 3.8) is 0 Å². The number of carboxylic acids is 1. The number of hydrogen-bond donors (Lipinski definition) is 2. The van der Waals surface area contributed by atoms with Crippen molar-refractivity contribution in [2.75, 3.05) is 12.3 Å². The van der Waals surface area contributed by atoms with Gasteiger partial charge in [0, 0.05) is 18.2 Å². The van der Waals surface area contributed by atoms with Crippen molar-refractivity contribution in [2.24, 2.45) is 5.92 Å². The van der Waals surface area contributed by atoms with E-state index in [1.807, 2.05) is 6.92 Å². The smallest absolute Gasteiger partial charge is 0.326 e. The minimum atomic E-state index is -0.969. The van der Waals surface area contributed by atoms with E-state index in [0.29, 0.717) is 12.3 Å². The molecule has 2 atom stereocenters. The monoisotopic (exact) mass is 233 g/mol. The van der Waals surface area contributed by atoms with Gasteiger partial charge in [-0.25, -0.2) is 4.79 Å². The largest absolute Gasteiger partial charge is 0.480 e. The molecule has 0 aromatic carbocycles. The van der Waals surface area contributed by atoms with E-state index in [2.05, 4.69) is 12.6 Å². The highest BCUT2D eigenvalue weighted by Gasteiger charge is 2.27. The summed E-state index contributed by atoms with van der Waals surface area (Å²) < 4.78 is 0. The third-order valence-corrected chi connectivity index (χ3v) is 2.82. The maximum absolute atomic E-state index is 11.8. The van der Waals surface area contributed by atoms with Crippen LogP contribution in [0.4, 0.5) is 0 Å². The Bertz CT molecular complexity index is 233. The normalized spacial score (nSPS) is 14.4. The van der Waals surface area contributed by atoms with E-state index in [1.54, 1.807) is 6.92 Å². The molecule has 0 saturated heterocycles. The maximum Gasteiger partial charge on any atom is 0.326 e. The molecule has 0 aliphatic rings. The highest BCUT2D eigenvalue weighted by atomic mass is 32.1. The van der Waals surface area contributed by atoms with Crippen LogP contribution in [0.3, 0.4) is 0 Å². The Kier molecular flexibility index (Phi) is 6.40. The van der Waals surface area contributed by atoms with Gasteiger partial charge in [0.1, 0.15) is 6.04 Å². The first-order valence-electron chi connectivity index (χ1n) is 5.09. The summed E-state index contributed by atoms with van der Waals surface area (Å²) in [4.78, 5) is 24.0. The van der Waals surface area contributed by atoms with Gasteiger partial charge in [-0.15, -0.1) is 0 Å². The lowest BCUT2D eigenvalue weighted by molar-refractivity contribution is -0.150. The summed E-state index contributed by atoms with van der Waals surface area (Å²) in [6.07, 6.45) is 0.753. The van der Waals surface area contributed by atoms with Crippen LogP contribution in [0.25, 0.3) is 0 Å². The lowest BCUT2D eigenvalue weighted by Gasteiger charge is -2.28. The highest BCUT2D eigenvalue weighted by Crippen LogP contribution is 2.09. The van der Waals surface area contributed by atoms with Crippen molar-refractivity contribution in [1.82, 2.24) is 4.90 Å². The zero-order chi connectivity index (χ0) is 12.0. The average molecular weight is 233 g/mol. The van der Waals surface area contributed by atoms with Crippen LogP contribution in [0.5, 0.6) is 0 Å². The summed E-state index contributed by atoms with van der Waals surface area (Å²) in [7, 11) is 0. The van der Waals surface area contributed by atoms with Gasteiger partial charge >= 0.3 is 5.97 Å². The second-order valence-corrected chi connectivity index (χ2v) is 3.99. The minimum absolute atomic E-state index is 0.137. The molecule has 4 nitrogen and oxygen atoms in total. The van der Waals surface area contributed by atoms with Crippen LogP contribution in [0.2, 0.25) is 0 Å². The van der Waals surface area contributed by atoms with Crippen molar-refractivity contribution >= 4 is 24.5 Å². The predicted octanol–water partition coefficient (Wildman–Crippen LogP) is 1.26. The van der Waals surface area contributed by atoms with E-state index in [1.165, 1.54) is 11.8 Å². The summed E-state index contributed by atoms with van der Waals surface area (Å²) >= 11 is 4.04. The van der Waals surface area contributed by atoms with Gasteiger partial charge in [-0.1, -0.05) is 13.8 Å². The lowest BCUT2D eigenvalue weighted by Crippen LogP contribution is -2.46. The third kappa shape index (κ3) is 4.11. The number of carbonyl (C=O) groups excluding carboxylic acids is 1. The molecular weight excluding hydrogens is 214 g/mol. The van der Waals surface area contributed by atoms with Gasteiger partial charge in [-0.05, 0) is 13.3 Å². The van der Waals surface area contributed by atoms with Gasteiger partial charge in [0.15, 0.2) is 0 Å². The van der Waals surface area contributed by atoms with Gasteiger partial charge in [0.05, 0.1) is 0 Å². The Morgan fingerprint density at radius 1 is 1.40 bits per heavy atom. The molecule has 0 rings (SSSR count). The SMILES string of the molecule is CCCN(C(=O)[C@H](C)CS)[C@H](C)C(=O)O. The Morgan fingerprint density at radius 2 is 1.93 bits per heavy atom. The van der Waals surface area contributed by atoms with Crippen LogP contribution in [0.15, 0.2) is 0 Å². The highest BCUT2D eigenvalue weighted by molar-refractivity contribution is 7.80. The number of amides is 1. The second-order valence-electron chi connectivity index (χ2n) is 3.63. The summed E-state index contributed by atoms with van der Waals surface area (Å²) in [6.45, 7) is 5.68. The zero-order valence-corrected chi connectivity index (χ0v) is 10.3. The van der Waals surface area contributed by atoms with Crippen molar-refractivity contribution < 1.29 is 14.7 Å². The summed E-state index contributed by atoms with van der Waals surface area (Å²) in [6, 6.07) is -0.764. The second kappa shape index (κ2) is 6.71. The molecule has 0 spiro atoms. The molecule has 0 heterocycles. The molecule has 88 valence electrons. The van der Waals surface area contributed by atoms with Gasteiger partial charge in [0.2, 0.25) is 5.91 Å². The van der Waals surface area contributed by atoms with E-state index < -0.39 is 12.0 Å². The van der Waals surface area contributed by atoms with Crippen molar-refractivity contribution in [1.29, 1.82) is 0 Å². The molecule has 0 radical (unpaired) electrons. The summed E-state index contributed by atoms with van der Waals surface area (Å²) in [5.41, 5.74) is 0. The first kappa shape index (κ1) is 14.3. The Morgan fingerprint density at radius 3 is 2.27 bits per heavy atom. The Balaban J connectivity index is 4.64. The van der Waals surface area contributed by atoms with Crippen molar-refractivity contribution in [3.05, 3.63) is 0 Å². The Hall–Kier alpha value is -0.710. The van der Waals surface area contributed by atoms with E-state index >= 15 is 0 Å². The molecule has 1 N–H and O–H groups in total. The number of thiol groups is 1. The standard InChI is InChI=1S/C10H19NO3S/c1-4-5-11(8(3)10(13)14)9(12)7(2)6-15/h7-8,15H,4-6H2,1-3H3,(H,13,14)/t7-,8-/m1/s1. The van der Waals surface area contributed by atoms with Crippen molar-refractivity contribution in [2.45, 2.75) is 33.2 Å². The quantitative estimate of drug-likeness (QED) is 0.679. The zero-order valence-electron chi connectivity index (χ0n) is 9.43. The summed E-state index contributed by atoms with van der Waals surface area (Å²) in [5.74, 6) is -0.905. The van der Waals surface area contributed by atoms with E-state index in [9.17, 15) is 9.59 Å². The van der Waals surface area contributed by atoms with Gasteiger partial charge in [0.25, 0.3) is 0 Å². The molecule has 1 amide bonds. The number of aliphatic carboxylic acids is 1. The molecule has 0 fully saturated rings. The molecular formula is C10H19NO3S. The molecule has 0 bridgehead atoms. The molecule has 0 aromatic rings. The van der Waals surface area contributed by atoms with Gasteiger partial charge in [-0.3, -0.25) is 4.79 Å². The number of carboxylic acid groups (broad SMARTS) is 1. The fraction of sp³-hybridized carbons (Fsp3) is 0.800. The van der Waals surface area contributed by atoms with E-state index in [4.69, 9.17) is 5.11 Å². The van der Waals surface area contributed by atoms with E-state index in [-0.39, 0.29) is 11.8 Å². The van der Waals surface area contributed by atoms with Crippen LogP contribution in [-0.2, 0) is 9.59 Å². The van der Waals surface area contributed by atoms with Gasteiger partial charge in [-0.2, -0.15) is 12.6 Å². The predicted molar refractivity (Wildman–Crippen MR) is 62.1 cm³/mol. The van der Waals surface area contributed by atoms with Crippen LogP contribution >= 0.6 is 12.6 Å². The topological polar surface area (TPSA) is 57.6 Å². The Labute approximate surface area is 96.1 Å². The number of nitrogens with zero attached hydrogens (tertiary/aromatic N) is 1. The van der Waals surface area contributed by atoms with Crippen LogP contribution in [-0.4, -0.2) is 40.2 Å². The van der Waals surface area contributed by atoms with E-state index in [0.717, 1.165) is 6.42 Å². The average Bonchev–Trinajstić information content (AvgIpc) is 2.22. The fourth-order valence-corrected chi connectivity index (χ4v) is 1.39. The fourth-order valence-electron chi connectivity index (χ4n) is 1.23. The minimum Gasteiger partial charge on any atom is -0.480 e. The van der Waals surface area contributed by atoms with Crippen LogP contribution in [0.1, 0.15) is 27.2 Å². The van der Waals surface area contributed by atoms with Gasteiger partial charge < -0.3 is 10.0 Å². The molecule has 0 unspecified atom stereocenters. The first-order chi connectivity index (χ1) is 6.95. The van der Waals surface area contributed by atoms with Crippen LogP contribution in [0, 0.1) is 5.92 Å². The molecule has 0 aromatic heterocycles. The first-order valence-corrected chi connectivity index (χ1v) is 5.73. The summed E-state index contributed by atoms with van der Waals surface area (Å²) in [5, 5.41) is 8.87. The molecule has 5 heteroatoms. The molecule has 0 aliphatic heterocycles. The molecule has 0 aliphatic carbocycles. The molecule has 0 saturated carbocycles. The van der Waals surface area contributed by atoms with Crippen molar-refractivity contribution in [3.8, 4) is 0 Å². The lowest BCUT2D eigenvalue weighted by atomic mass is 10.1. The van der Waals surface area contributed by atoms with Crippen LogP contribution < -0.4 is 0 Å².